The number of aromatic nitrogens is 9. The maximum atomic E-state index is 12.2. The summed E-state index contributed by atoms with van der Waals surface area (Å²) < 4.78 is 1.92. The predicted octanol–water partition coefficient (Wildman–Crippen LogP) is 4.44. The van der Waals surface area contributed by atoms with E-state index in [0.717, 1.165) is 27.9 Å². The highest BCUT2D eigenvalue weighted by Gasteiger charge is 2.17. The highest BCUT2D eigenvalue weighted by atomic mass is 16.1. The Morgan fingerprint density at radius 2 is 1.95 bits per heavy atom. The van der Waals surface area contributed by atoms with Gasteiger partial charge in [-0.2, -0.15) is 5.10 Å². The van der Waals surface area contributed by atoms with Gasteiger partial charge in [-0.15, -0.1) is 0 Å². The Morgan fingerprint density at radius 3 is 2.76 bits per heavy atom. The second kappa shape index (κ2) is 8.94. The molecule has 0 unspecified atom stereocenters. The van der Waals surface area contributed by atoms with Crippen LogP contribution in [0, 0.1) is 12.8 Å². The summed E-state index contributed by atoms with van der Waals surface area (Å²) in [4.78, 5) is 38.0. The van der Waals surface area contributed by atoms with Crippen LogP contribution < -0.4 is 5.32 Å². The normalized spacial score (nSPS) is 11.6. The van der Waals surface area contributed by atoms with E-state index in [-0.39, 0.29) is 11.8 Å². The molecule has 0 aliphatic rings. The van der Waals surface area contributed by atoms with Crippen molar-refractivity contribution in [2.75, 3.05) is 5.32 Å². The number of pyridine rings is 3. The molecule has 0 saturated heterocycles. The molecule has 0 aromatic carbocycles. The summed E-state index contributed by atoms with van der Waals surface area (Å²) in [5, 5.41) is 11.2. The molecule has 6 aromatic rings. The second-order valence-corrected chi connectivity index (χ2v) is 9.34. The van der Waals surface area contributed by atoms with E-state index in [1.54, 1.807) is 31.1 Å². The van der Waals surface area contributed by atoms with Crippen LogP contribution in [0.5, 0.6) is 0 Å². The zero-order chi connectivity index (χ0) is 25.5. The summed E-state index contributed by atoms with van der Waals surface area (Å²) in [5.74, 6) is 0.809. The molecule has 3 N–H and O–H groups in total. The molecule has 0 saturated carbocycles. The van der Waals surface area contributed by atoms with Crippen molar-refractivity contribution in [3.05, 3.63) is 61.2 Å². The highest BCUT2D eigenvalue weighted by Crippen LogP contribution is 2.30. The van der Waals surface area contributed by atoms with Crippen molar-refractivity contribution in [2.24, 2.45) is 5.92 Å². The molecular formula is C26H24N10O. The zero-order valence-corrected chi connectivity index (χ0v) is 20.5. The van der Waals surface area contributed by atoms with Gasteiger partial charge in [-0.05, 0) is 31.0 Å². The fourth-order valence-electron chi connectivity index (χ4n) is 4.26. The number of rotatable bonds is 6. The van der Waals surface area contributed by atoms with Crippen molar-refractivity contribution in [1.82, 2.24) is 44.7 Å². The third-order valence-corrected chi connectivity index (χ3v) is 5.94. The number of imidazole rings is 2. The number of carbonyl (C=O) groups excluding carboxylic acids is 1. The van der Waals surface area contributed by atoms with Crippen LogP contribution >= 0.6 is 0 Å². The number of anilines is 1. The third-order valence-electron chi connectivity index (χ3n) is 5.94. The lowest BCUT2D eigenvalue weighted by Crippen LogP contribution is -2.13. The molecule has 0 fully saturated rings. The molecule has 0 aliphatic heterocycles. The van der Waals surface area contributed by atoms with Crippen molar-refractivity contribution in [2.45, 2.75) is 27.2 Å². The van der Waals surface area contributed by atoms with Crippen molar-refractivity contribution in [3.63, 3.8) is 0 Å². The lowest BCUT2D eigenvalue weighted by molar-refractivity contribution is -0.116. The third kappa shape index (κ3) is 4.31. The quantitative estimate of drug-likeness (QED) is 0.312. The van der Waals surface area contributed by atoms with Crippen molar-refractivity contribution in [1.29, 1.82) is 0 Å². The predicted molar refractivity (Wildman–Crippen MR) is 140 cm³/mol. The van der Waals surface area contributed by atoms with Gasteiger partial charge in [0.25, 0.3) is 0 Å². The molecule has 184 valence electrons. The lowest BCUT2D eigenvalue weighted by atomic mass is 10.1. The maximum absolute atomic E-state index is 12.2. The summed E-state index contributed by atoms with van der Waals surface area (Å²) in [6, 6.07) is 5.77. The van der Waals surface area contributed by atoms with Gasteiger partial charge in [0, 0.05) is 42.3 Å². The standard InChI is InChI=1S/C26H24N10O/c1-14(2)6-21(37)31-18-7-16(9-27-11-18)17-8-19-22(34-35-24(19)29-10-17)26-32-23-20(4-5-28-25(23)33-26)36-12-15(3)30-13-36/h4-5,7-14H,6H2,1-3H3,(H,31,37)(H,28,32,33)(H,29,34,35). The minimum atomic E-state index is -0.0386. The van der Waals surface area contributed by atoms with Gasteiger partial charge >= 0.3 is 0 Å². The van der Waals surface area contributed by atoms with Gasteiger partial charge in [0.05, 0.1) is 35.0 Å². The number of hydrogen-bond donors (Lipinski definition) is 3. The van der Waals surface area contributed by atoms with E-state index in [2.05, 4.69) is 40.4 Å². The minimum Gasteiger partial charge on any atom is -0.325 e. The summed E-state index contributed by atoms with van der Waals surface area (Å²) in [6.45, 7) is 5.96. The average Bonchev–Trinajstić information content (AvgIpc) is 3.60. The molecule has 0 bridgehead atoms. The van der Waals surface area contributed by atoms with E-state index in [4.69, 9.17) is 4.98 Å². The number of nitrogens with one attached hydrogen (secondary N) is 3. The lowest BCUT2D eigenvalue weighted by Gasteiger charge is -2.08. The molecule has 0 atom stereocenters. The topological polar surface area (TPSA) is 143 Å². The molecule has 11 heteroatoms. The van der Waals surface area contributed by atoms with E-state index in [1.807, 2.05) is 49.7 Å². The number of fused-ring (bicyclic) bond motifs is 2. The van der Waals surface area contributed by atoms with Crippen molar-refractivity contribution < 1.29 is 4.79 Å². The van der Waals surface area contributed by atoms with E-state index >= 15 is 0 Å². The van der Waals surface area contributed by atoms with E-state index in [0.29, 0.717) is 40.4 Å². The van der Waals surface area contributed by atoms with Crippen molar-refractivity contribution in [3.8, 4) is 28.3 Å². The van der Waals surface area contributed by atoms with E-state index in [1.165, 1.54) is 0 Å². The first kappa shape index (κ1) is 22.5. The average molecular weight is 493 g/mol. The summed E-state index contributed by atoms with van der Waals surface area (Å²) in [7, 11) is 0. The number of nitrogens with zero attached hydrogens (tertiary/aromatic N) is 7. The molecule has 6 heterocycles. The minimum absolute atomic E-state index is 0.0386. The number of amides is 1. The Morgan fingerprint density at radius 1 is 1.08 bits per heavy atom. The fraction of sp³-hybridized carbons (Fsp3) is 0.192. The number of hydrogen-bond acceptors (Lipinski definition) is 7. The van der Waals surface area contributed by atoms with Crippen LogP contribution in [0.2, 0.25) is 0 Å². The number of carbonyl (C=O) groups is 1. The molecule has 0 spiro atoms. The van der Waals surface area contributed by atoms with Crippen LogP contribution in [0.1, 0.15) is 26.0 Å². The number of H-pyrrole nitrogens is 2. The summed E-state index contributed by atoms with van der Waals surface area (Å²) in [5.41, 5.74) is 6.71. The van der Waals surface area contributed by atoms with Gasteiger partial charge in [0.1, 0.15) is 11.2 Å². The van der Waals surface area contributed by atoms with E-state index < -0.39 is 0 Å². The zero-order valence-electron chi connectivity index (χ0n) is 20.5. The Bertz CT molecular complexity index is 1760. The van der Waals surface area contributed by atoms with Gasteiger partial charge in [0.15, 0.2) is 17.1 Å². The number of aryl methyl sites for hydroxylation is 1. The first-order valence-electron chi connectivity index (χ1n) is 11.9. The summed E-state index contributed by atoms with van der Waals surface area (Å²) >= 11 is 0. The molecule has 0 aliphatic carbocycles. The molecule has 6 aromatic heterocycles. The van der Waals surface area contributed by atoms with Gasteiger partial charge < -0.3 is 14.9 Å². The first-order chi connectivity index (χ1) is 17.9. The highest BCUT2D eigenvalue weighted by molar-refractivity contribution is 5.95. The van der Waals surface area contributed by atoms with Crippen LogP contribution in [0.25, 0.3) is 50.5 Å². The smallest absolute Gasteiger partial charge is 0.224 e. The Balaban J connectivity index is 1.38. The first-order valence-corrected chi connectivity index (χ1v) is 11.9. The van der Waals surface area contributed by atoms with Gasteiger partial charge in [-0.3, -0.25) is 14.9 Å². The van der Waals surface area contributed by atoms with Gasteiger partial charge in [-0.25, -0.2) is 19.9 Å². The van der Waals surface area contributed by atoms with Crippen molar-refractivity contribution >= 4 is 33.8 Å². The van der Waals surface area contributed by atoms with Gasteiger partial charge in [0.2, 0.25) is 5.91 Å². The molecule has 6 rings (SSSR count). The molecular weight excluding hydrogens is 468 g/mol. The largest absolute Gasteiger partial charge is 0.325 e. The van der Waals surface area contributed by atoms with Crippen LogP contribution in [0.4, 0.5) is 5.69 Å². The molecule has 11 nitrogen and oxygen atoms in total. The van der Waals surface area contributed by atoms with Crippen LogP contribution in [0.3, 0.4) is 0 Å². The second-order valence-electron chi connectivity index (χ2n) is 9.34. The fourth-order valence-corrected chi connectivity index (χ4v) is 4.26. The Labute approximate surface area is 211 Å². The summed E-state index contributed by atoms with van der Waals surface area (Å²) in [6.07, 6.45) is 11.0. The van der Waals surface area contributed by atoms with Crippen LogP contribution in [0.15, 0.2) is 55.5 Å². The molecule has 1 amide bonds. The van der Waals surface area contributed by atoms with Gasteiger partial charge in [-0.1, -0.05) is 13.8 Å². The monoisotopic (exact) mass is 492 g/mol. The Kier molecular flexibility index (Phi) is 5.44. The SMILES string of the molecule is Cc1cn(-c2ccnc3[nH]c(-c4n[nH]c5ncc(-c6cncc(NC(=O)CC(C)C)c6)cc45)nc23)cn1. The maximum Gasteiger partial charge on any atom is 0.224 e. The number of aromatic amines is 2. The van der Waals surface area contributed by atoms with Crippen LogP contribution in [-0.2, 0) is 4.79 Å². The molecule has 0 radical (unpaired) electrons. The Hall–Kier alpha value is -4.93. The van der Waals surface area contributed by atoms with E-state index in [9.17, 15) is 4.79 Å². The van der Waals surface area contributed by atoms with Crippen LogP contribution in [-0.4, -0.2) is 50.6 Å². The molecule has 37 heavy (non-hydrogen) atoms.